The van der Waals surface area contributed by atoms with Crippen molar-refractivity contribution < 1.29 is 28.1 Å². The Morgan fingerprint density at radius 1 is 1.33 bits per heavy atom. The lowest BCUT2D eigenvalue weighted by Crippen LogP contribution is -2.38. The highest BCUT2D eigenvalue weighted by atomic mass is 19.1. The molecule has 2 aromatic heterocycles. The molecule has 2 aliphatic heterocycles. The summed E-state index contributed by atoms with van der Waals surface area (Å²) in [5.41, 5.74) is 2.14. The number of aromatic nitrogens is 4. The molecule has 4 heterocycles. The van der Waals surface area contributed by atoms with Gasteiger partial charge in [-0.05, 0) is 31.9 Å². The van der Waals surface area contributed by atoms with Crippen molar-refractivity contribution in [2.45, 2.75) is 43.9 Å². The lowest BCUT2D eigenvalue weighted by molar-refractivity contribution is -0.0717. The molecule has 0 aromatic carbocycles. The Balaban J connectivity index is 1.28. The van der Waals surface area contributed by atoms with Crippen LogP contribution in [0.5, 0.6) is 0 Å². The number of ether oxygens (including phenoxy) is 4. The van der Waals surface area contributed by atoms with E-state index in [1.807, 2.05) is 0 Å². The van der Waals surface area contributed by atoms with Crippen LogP contribution < -0.4 is 22.7 Å². The molecule has 13 nitrogen and oxygen atoms in total. The number of nitrogens with one attached hydrogen (secondary N) is 1. The number of aromatic amines is 1. The number of rotatable bonds is 6. The minimum absolute atomic E-state index is 0.191. The zero-order valence-corrected chi connectivity index (χ0v) is 19.0. The minimum Gasteiger partial charge on any atom is -0.432 e. The van der Waals surface area contributed by atoms with Gasteiger partial charge in [-0.25, -0.2) is 18.8 Å². The van der Waals surface area contributed by atoms with Crippen LogP contribution in [0.25, 0.3) is 0 Å². The lowest BCUT2D eigenvalue weighted by atomic mass is 10.1. The quantitative estimate of drug-likeness (QED) is 0.313. The maximum Gasteiger partial charge on any atom is 0.508 e. The number of carbonyl (C=O) groups excluding carboxylic acids is 1. The molecule has 2 aliphatic rings. The van der Waals surface area contributed by atoms with Gasteiger partial charge in [0.1, 0.15) is 19.4 Å². The number of H-pyrrole nitrogens is 1. The summed E-state index contributed by atoms with van der Waals surface area (Å²) in [4.78, 5) is 53.3. The van der Waals surface area contributed by atoms with Gasteiger partial charge < -0.3 is 24.7 Å². The number of hydrogen-bond acceptors (Lipinski definition) is 10. The fourth-order valence-electron chi connectivity index (χ4n) is 3.71. The molecule has 36 heavy (non-hydrogen) atoms. The van der Waals surface area contributed by atoms with E-state index in [4.69, 9.17) is 31.1 Å². The summed E-state index contributed by atoms with van der Waals surface area (Å²) in [7, 11) is 0. The first kappa shape index (κ1) is 24.9. The van der Waals surface area contributed by atoms with Gasteiger partial charge in [0.25, 0.3) is 5.56 Å². The van der Waals surface area contributed by atoms with E-state index in [2.05, 4.69) is 15.9 Å². The van der Waals surface area contributed by atoms with Crippen LogP contribution in [-0.2, 0) is 18.9 Å². The van der Waals surface area contributed by atoms with Gasteiger partial charge in [0.2, 0.25) is 0 Å². The number of anilines is 1. The smallest absolute Gasteiger partial charge is 0.432 e. The van der Waals surface area contributed by atoms with Crippen molar-refractivity contribution in [2.24, 2.45) is 0 Å². The van der Waals surface area contributed by atoms with Crippen LogP contribution in [0.4, 0.5) is 15.0 Å². The summed E-state index contributed by atoms with van der Waals surface area (Å²) in [6.07, 6.45) is 8.22. The number of terminal acetylenes is 1. The normalized spacial score (nSPS) is 25.0. The van der Waals surface area contributed by atoms with Crippen LogP contribution >= 0.6 is 0 Å². The topological polar surface area (TPSA) is 170 Å². The third kappa shape index (κ3) is 5.07. The SMILES string of the molecule is C#C[C@@]1(COC(=O)OC[C@H]2CC[C@@H](n3cc(F)c(N)nc3=O)O2)C=C[C@H](n2cc(C)c(=O)[nH]c2=O)O1. The van der Waals surface area contributed by atoms with Gasteiger partial charge >= 0.3 is 17.5 Å². The maximum atomic E-state index is 13.7. The number of hydrogen-bond donors (Lipinski definition) is 2. The number of nitrogens with zero attached hydrogens (tertiary/aromatic N) is 3. The van der Waals surface area contributed by atoms with Crippen molar-refractivity contribution in [1.29, 1.82) is 0 Å². The molecule has 0 saturated carbocycles. The highest BCUT2D eigenvalue weighted by Gasteiger charge is 2.37. The van der Waals surface area contributed by atoms with Gasteiger partial charge in [0.05, 0.1) is 12.3 Å². The summed E-state index contributed by atoms with van der Waals surface area (Å²) >= 11 is 0. The van der Waals surface area contributed by atoms with Crippen LogP contribution in [0.2, 0.25) is 0 Å². The van der Waals surface area contributed by atoms with Gasteiger partial charge in [-0.3, -0.25) is 18.9 Å². The second-order valence-corrected chi connectivity index (χ2v) is 8.18. The van der Waals surface area contributed by atoms with Gasteiger partial charge in [-0.15, -0.1) is 6.42 Å². The first-order valence-corrected chi connectivity index (χ1v) is 10.8. The lowest BCUT2D eigenvalue weighted by Gasteiger charge is -2.24. The maximum absolute atomic E-state index is 13.7. The van der Waals surface area contributed by atoms with Crippen LogP contribution in [0.3, 0.4) is 0 Å². The second-order valence-electron chi connectivity index (χ2n) is 8.18. The zero-order valence-electron chi connectivity index (χ0n) is 19.0. The molecule has 0 amide bonds. The highest BCUT2D eigenvalue weighted by Crippen LogP contribution is 2.30. The number of nitrogens with two attached hydrogens (primary N) is 1. The highest BCUT2D eigenvalue weighted by molar-refractivity contribution is 5.60. The third-order valence-corrected chi connectivity index (χ3v) is 5.65. The molecule has 2 aromatic rings. The van der Waals surface area contributed by atoms with E-state index in [0.29, 0.717) is 18.4 Å². The molecule has 0 bridgehead atoms. The van der Waals surface area contributed by atoms with E-state index < -0.39 is 65.5 Å². The van der Waals surface area contributed by atoms with Gasteiger partial charge in [-0.2, -0.15) is 4.98 Å². The predicted molar refractivity (Wildman–Crippen MR) is 120 cm³/mol. The molecule has 0 aliphatic carbocycles. The van der Waals surface area contributed by atoms with Crippen molar-refractivity contribution in [1.82, 2.24) is 19.1 Å². The zero-order chi connectivity index (χ0) is 26.0. The predicted octanol–water partition coefficient (Wildman–Crippen LogP) is 0.111. The second kappa shape index (κ2) is 9.80. The molecule has 1 fully saturated rings. The first-order valence-electron chi connectivity index (χ1n) is 10.8. The Kier molecular flexibility index (Phi) is 6.77. The van der Waals surface area contributed by atoms with E-state index in [9.17, 15) is 23.6 Å². The van der Waals surface area contributed by atoms with E-state index in [0.717, 1.165) is 15.3 Å². The van der Waals surface area contributed by atoms with Gasteiger partial charge in [-0.1, -0.05) is 5.92 Å². The van der Waals surface area contributed by atoms with Gasteiger partial charge in [0.15, 0.2) is 23.5 Å². The summed E-state index contributed by atoms with van der Waals surface area (Å²) in [6.45, 7) is 0.927. The largest absolute Gasteiger partial charge is 0.508 e. The molecule has 0 unspecified atom stereocenters. The van der Waals surface area contributed by atoms with Crippen LogP contribution in [-0.4, -0.2) is 50.2 Å². The monoisotopic (exact) mass is 503 g/mol. The summed E-state index contributed by atoms with van der Waals surface area (Å²) in [6, 6.07) is 0. The number of nitrogen functional groups attached to an aromatic ring is 1. The van der Waals surface area contributed by atoms with Gasteiger partial charge in [0, 0.05) is 11.8 Å². The molecular weight excluding hydrogens is 481 g/mol. The summed E-state index contributed by atoms with van der Waals surface area (Å²) < 4.78 is 37.3. The average Bonchev–Trinajstić information content (AvgIpc) is 3.49. The molecule has 4 rings (SSSR count). The molecule has 0 radical (unpaired) electrons. The number of halogens is 1. The van der Waals surface area contributed by atoms with Crippen LogP contribution in [0.1, 0.15) is 30.9 Å². The first-order chi connectivity index (χ1) is 17.1. The van der Waals surface area contributed by atoms with Crippen molar-refractivity contribution in [3.8, 4) is 12.3 Å². The fraction of sp³-hybridized carbons (Fsp3) is 0.409. The summed E-state index contributed by atoms with van der Waals surface area (Å²) in [5.74, 6) is 1.02. The Bertz CT molecular complexity index is 1420. The van der Waals surface area contributed by atoms with Crippen molar-refractivity contribution in [3.05, 3.63) is 67.2 Å². The fourth-order valence-corrected chi connectivity index (χ4v) is 3.71. The van der Waals surface area contributed by atoms with E-state index in [1.54, 1.807) is 0 Å². The molecule has 14 heteroatoms. The van der Waals surface area contributed by atoms with E-state index >= 15 is 0 Å². The molecule has 4 atom stereocenters. The van der Waals surface area contributed by atoms with Crippen molar-refractivity contribution >= 4 is 12.0 Å². The standard InChI is InChI=1S/C22H22FN5O8/c1-3-22(7-6-16(36-22)27-8-12(2)18(29)26-20(27)31)11-34-21(32)33-10-13-4-5-15(35-13)28-9-14(23)17(24)25-19(28)30/h1,6-9,13,15-16H,4-5,10-11H2,2H3,(H2,24,25,30)(H,26,29,31)/t13-,15+,16-,22+/m1/s1. The number of aryl methyl sites for hydroxylation is 1. The minimum atomic E-state index is -1.46. The Morgan fingerprint density at radius 3 is 2.86 bits per heavy atom. The van der Waals surface area contributed by atoms with Crippen LogP contribution in [0, 0.1) is 25.1 Å². The van der Waals surface area contributed by atoms with Crippen molar-refractivity contribution in [3.63, 3.8) is 0 Å². The molecular formula is C22H22FN5O8. The van der Waals surface area contributed by atoms with E-state index in [-0.39, 0.29) is 6.61 Å². The molecule has 3 N–H and O–H groups in total. The average molecular weight is 503 g/mol. The molecule has 1 saturated heterocycles. The van der Waals surface area contributed by atoms with Crippen LogP contribution in [0.15, 0.2) is 38.9 Å². The molecule has 0 spiro atoms. The van der Waals surface area contributed by atoms with E-state index in [1.165, 1.54) is 25.3 Å². The number of carbonyl (C=O) groups is 1. The Morgan fingerprint density at radius 2 is 2.11 bits per heavy atom. The van der Waals surface area contributed by atoms with Crippen molar-refractivity contribution in [2.75, 3.05) is 18.9 Å². The summed E-state index contributed by atoms with van der Waals surface area (Å²) in [5, 5.41) is 0. The Hall–Kier alpha value is -4.22. The molecule has 190 valence electrons. The third-order valence-electron chi connectivity index (χ3n) is 5.65. The Labute approximate surface area is 202 Å².